The predicted octanol–water partition coefficient (Wildman–Crippen LogP) is 0.311. The molecule has 1 aliphatic heterocycles. The van der Waals surface area contributed by atoms with Crippen molar-refractivity contribution in [1.82, 2.24) is 4.90 Å². The molecule has 0 aliphatic carbocycles. The fourth-order valence-corrected chi connectivity index (χ4v) is 1.13. The lowest BCUT2D eigenvalue weighted by Gasteiger charge is -2.17. The maximum absolute atomic E-state index is 5.33. The number of ether oxygens (including phenoxy) is 2. The minimum Gasteiger partial charge on any atom is -0.383 e. The second-order valence-electron chi connectivity index (χ2n) is 2.50. The molecule has 0 aromatic carbocycles. The Morgan fingerprint density at radius 3 is 3.00 bits per heavy atom. The van der Waals surface area contributed by atoms with Crippen molar-refractivity contribution in [3.8, 4) is 0 Å². The van der Waals surface area contributed by atoms with Gasteiger partial charge in [-0.2, -0.15) is 0 Å². The van der Waals surface area contributed by atoms with Crippen LogP contribution in [0, 0.1) is 0 Å². The van der Waals surface area contributed by atoms with Gasteiger partial charge < -0.3 is 9.47 Å². The van der Waals surface area contributed by atoms with E-state index in [4.69, 9.17) is 9.47 Å². The molecule has 1 heterocycles. The first-order valence-electron chi connectivity index (χ1n) is 3.69. The average Bonchev–Trinajstić information content (AvgIpc) is 2.31. The highest BCUT2D eigenvalue weighted by molar-refractivity contribution is 4.64. The first kappa shape index (κ1) is 7.98. The van der Waals surface area contributed by atoms with E-state index in [0.29, 0.717) is 0 Å². The Kier molecular flexibility index (Phi) is 3.12. The van der Waals surface area contributed by atoms with Gasteiger partial charge >= 0.3 is 0 Å². The van der Waals surface area contributed by atoms with Gasteiger partial charge in [0.2, 0.25) is 0 Å². The van der Waals surface area contributed by atoms with Crippen molar-refractivity contribution in [3.63, 3.8) is 0 Å². The van der Waals surface area contributed by atoms with Crippen LogP contribution in [0.2, 0.25) is 0 Å². The maximum Gasteiger partial charge on any atom is 0.107 e. The Morgan fingerprint density at radius 1 is 1.70 bits per heavy atom. The SMILES string of the molecule is COCCN1CCOC1C. The fourth-order valence-electron chi connectivity index (χ4n) is 1.13. The van der Waals surface area contributed by atoms with Crippen molar-refractivity contribution in [1.29, 1.82) is 0 Å². The molecule has 1 unspecified atom stereocenters. The standard InChI is InChI=1S/C7H15NO2/c1-7-8(3-5-9-2)4-6-10-7/h7H,3-6H2,1-2H3. The van der Waals surface area contributed by atoms with Gasteiger partial charge in [-0.1, -0.05) is 0 Å². The van der Waals surface area contributed by atoms with Crippen molar-refractivity contribution in [3.05, 3.63) is 0 Å². The highest BCUT2D eigenvalue weighted by atomic mass is 16.5. The van der Waals surface area contributed by atoms with Gasteiger partial charge in [0.15, 0.2) is 0 Å². The topological polar surface area (TPSA) is 21.7 Å². The summed E-state index contributed by atoms with van der Waals surface area (Å²) in [6, 6.07) is 0. The van der Waals surface area contributed by atoms with E-state index in [9.17, 15) is 0 Å². The molecule has 60 valence electrons. The summed E-state index contributed by atoms with van der Waals surface area (Å²) in [5, 5.41) is 0. The zero-order chi connectivity index (χ0) is 7.40. The molecule has 0 spiro atoms. The van der Waals surface area contributed by atoms with Gasteiger partial charge in [-0.3, -0.25) is 4.90 Å². The van der Waals surface area contributed by atoms with E-state index in [2.05, 4.69) is 11.8 Å². The monoisotopic (exact) mass is 145 g/mol. The van der Waals surface area contributed by atoms with Crippen molar-refractivity contribution >= 4 is 0 Å². The first-order valence-corrected chi connectivity index (χ1v) is 3.69. The van der Waals surface area contributed by atoms with E-state index in [1.165, 1.54) is 0 Å². The molecule has 0 bridgehead atoms. The number of nitrogens with zero attached hydrogens (tertiary/aromatic N) is 1. The van der Waals surface area contributed by atoms with Crippen LogP contribution in [0.5, 0.6) is 0 Å². The Balaban J connectivity index is 2.14. The zero-order valence-corrected chi connectivity index (χ0v) is 6.67. The molecular formula is C7H15NO2. The van der Waals surface area contributed by atoms with Gasteiger partial charge in [0, 0.05) is 20.2 Å². The van der Waals surface area contributed by atoms with Crippen LogP contribution in [0.3, 0.4) is 0 Å². The number of rotatable bonds is 3. The van der Waals surface area contributed by atoms with E-state index < -0.39 is 0 Å². The summed E-state index contributed by atoms with van der Waals surface area (Å²) in [7, 11) is 1.72. The molecule has 0 radical (unpaired) electrons. The summed E-state index contributed by atoms with van der Waals surface area (Å²) >= 11 is 0. The molecule has 0 amide bonds. The first-order chi connectivity index (χ1) is 4.84. The largest absolute Gasteiger partial charge is 0.383 e. The minimum absolute atomic E-state index is 0.287. The summed E-state index contributed by atoms with van der Waals surface area (Å²) in [6.07, 6.45) is 0.287. The fraction of sp³-hybridized carbons (Fsp3) is 1.00. The summed E-state index contributed by atoms with van der Waals surface area (Å²) in [6.45, 7) is 5.77. The van der Waals surface area contributed by atoms with E-state index >= 15 is 0 Å². The molecule has 0 N–H and O–H groups in total. The number of hydrogen-bond acceptors (Lipinski definition) is 3. The normalized spacial score (nSPS) is 27.6. The molecule has 1 rings (SSSR count). The summed E-state index contributed by atoms with van der Waals surface area (Å²) in [4.78, 5) is 2.27. The molecule has 1 saturated heterocycles. The Labute approximate surface area is 61.9 Å². The van der Waals surface area contributed by atoms with Gasteiger partial charge in [-0.25, -0.2) is 0 Å². The zero-order valence-electron chi connectivity index (χ0n) is 6.67. The Hall–Kier alpha value is -0.120. The lowest BCUT2D eigenvalue weighted by molar-refractivity contribution is 0.0365. The molecule has 1 aliphatic rings. The predicted molar refractivity (Wildman–Crippen MR) is 38.9 cm³/mol. The van der Waals surface area contributed by atoms with Crippen LogP contribution in [0.4, 0.5) is 0 Å². The molecule has 0 saturated carbocycles. The summed E-state index contributed by atoms with van der Waals surface area (Å²) in [5.41, 5.74) is 0. The number of methoxy groups -OCH3 is 1. The number of hydrogen-bond donors (Lipinski definition) is 0. The van der Waals surface area contributed by atoms with Crippen LogP contribution in [0.15, 0.2) is 0 Å². The summed E-state index contributed by atoms with van der Waals surface area (Å²) < 4.78 is 10.3. The molecule has 10 heavy (non-hydrogen) atoms. The smallest absolute Gasteiger partial charge is 0.107 e. The lowest BCUT2D eigenvalue weighted by atomic mass is 10.5. The third kappa shape index (κ3) is 1.94. The third-order valence-corrected chi connectivity index (χ3v) is 1.83. The van der Waals surface area contributed by atoms with E-state index in [-0.39, 0.29) is 6.23 Å². The van der Waals surface area contributed by atoms with Crippen molar-refractivity contribution < 1.29 is 9.47 Å². The van der Waals surface area contributed by atoms with Crippen molar-refractivity contribution in [2.45, 2.75) is 13.2 Å². The van der Waals surface area contributed by atoms with E-state index in [0.717, 1.165) is 26.3 Å². The van der Waals surface area contributed by atoms with Crippen molar-refractivity contribution in [2.75, 3.05) is 33.4 Å². The van der Waals surface area contributed by atoms with Crippen LogP contribution in [0.25, 0.3) is 0 Å². The van der Waals surface area contributed by atoms with Gasteiger partial charge in [-0.15, -0.1) is 0 Å². The van der Waals surface area contributed by atoms with E-state index in [1.54, 1.807) is 7.11 Å². The molecular weight excluding hydrogens is 130 g/mol. The Bertz CT molecular complexity index is 97.6. The van der Waals surface area contributed by atoms with Crippen LogP contribution in [0.1, 0.15) is 6.92 Å². The van der Waals surface area contributed by atoms with Gasteiger partial charge in [0.1, 0.15) is 6.23 Å². The van der Waals surface area contributed by atoms with Crippen LogP contribution < -0.4 is 0 Å². The molecule has 0 aromatic heterocycles. The van der Waals surface area contributed by atoms with Gasteiger partial charge in [-0.05, 0) is 6.92 Å². The van der Waals surface area contributed by atoms with Crippen LogP contribution in [-0.4, -0.2) is 44.5 Å². The molecule has 1 atom stereocenters. The second-order valence-corrected chi connectivity index (χ2v) is 2.50. The molecule has 1 fully saturated rings. The average molecular weight is 145 g/mol. The molecule has 3 heteroatoms. The van der Waals surface area contributed by atoms with Crippen molar-refractivity contribution in [2.24, 2.45) is 0 Å². The molecule has 3 nitrogen and oxygen atoms in total. The maximum atomic E-state index is 5.33. The van der Waals surface area contributed by atoms with Gasteiger partial charge in [0.05, 0.1) is 13.2 Å². The minimum atomic E-state index is 0.287. The quantitative estimate of drug-likeness (QED) is 0.570. The third-order valence-electron chi connectivity index (χ3n) is 1.83. The highest BCUT2D eigenvalue weighted by Gasteiger charge is 2.19. The second kappa shape index (κ2) is 3.91. The van der Waals surface area contributed by atoms with Gasteiger partial charge in [0.25, 0.3) is 0 Å². The Morgan fingerprint density at radius 2 is 2.50 bits per heavy atom. The lowest BCUT2D eigenvalue weighted by Crippen LogP contribution is -2.30. The van der Waals surface area contributed by atoms with Crippen LogP contribution >= 0.6 is 0 Å². The summed E-state index contributed by atoms with van der Waals surface area (Å²) in [5.74, 6) is 0. The molecule has 0 aromatic rings. The highest BCUT2D eigenvalue weighted by Crippen LogP contribution is 2.07. The van der Waals surface area contributed by atoms with Crippen LogP contribution in [-0.2, 0) is 9.47 Å². The van der Waals surface area contributed by atoms with E-state index in [1.807, 2.05) is 0 Å².